The van der Waals surface area contributed by atoms with E-state index in [1.807, 2.05) is 12.1 Å². The number of hydrogen-bond acceptors (Lipinski definition) is 2. The van der Waals surface area contributed by atoms with Crippen LogP contribution in [0.3, 0.4) is 0 Å². The highest BCUT2D eigenvalue weighted by Crippen LogP contribution is 2.43. The maximum absolute atomic E-state index is 6.47. The molecule has 0 radical (unpaired) electrons. The summed E-state index contributed by atoms with van der Waals surface area (Å²) in [5.74, 6) is 0. The van der Waals surface area contributed by atoms with Crippen LogP contribution in [0, 0.1) is 0 Å². The number of fused-ring (bicyclic) bond motifs is 6. The second-order valence-electron chi connectivity index (χ2n) is 16.2. The van der Waals surface area contributed by atoms with Crippen LogP contribution in [-0.4, -0.2) is 4.57 Å². The summed E-state index contributed by atoms with van der Waals surface area (Å²) in [6.07, 6.45) is 0. The Kier molecular flexibility index (Phi) is 8.83. The Morgan fingerprint density at radius 1 is 0.270 bits per heavy atom. The zero-order chi connectivity index (χ0) is 41.7. The van der Waals surface area contributed by atoms with E-state index in [4.69, 9.17) is 4.42 Å². The van der Waals surface area contributed by atoms with Crippen LogP contribution >= 0.6 is 0 Å². The topological polar surface area (TPSA) is 21.3 Å². The second kappa shape index (κ2) is 15.3. The zero-order valence-electron chi connectivity index (χ0n) is 34.4. The third-order valence-electron chi connectivity index (χ3n) is 12.4. The zero-order valence-corrected chi connectivity index (χ0v) is 34.4. The fourth-order valence-electron chi connectivity index (χ4n) is 9.32. The molecule has 0 aliphatic rings. The SMILES string of the molecule is c1ccc(-c2ccc(N(c3cccc(-c4ccccc4)c3)c3cc(-c4ccc5c(c4)oc4ccccc45)cc(-c4ccc5c6ccccc6n(-c6ccccc6)c5c4)c3)cc2)cc1. The Balaban J connectivity index is 1.09. The highest BCUT2D eigenvalue weighted by molar-refractivity contribution is 6.10. The number of para-hydroxylation sites is 3. The third kappa shape index (κ3) is 6.55. The molecule has 0 atom stereocenters. The van der Waals surface area contributed by atoms with Gasteiger partial charge in [0.25, 0.3) is 0 Å². The van der Waals surface area contributed by atoms with Crippen LogP contribution < -0.4 is 4.90 Å². The van der Waals surface area contributed by atoms with Gasteiger partial charge in [-0.05, 0) is 129 Å². The van der Waals surface area contributed by atoms with Crippen molar-refractivity contribution >= 4 is 60.8 Å². The van der Waals surface area contributed by atoms with E-state index in [0.717, 1.165) is 72.5 Å². The Bertz CT molecular complexity index is 3600. The Hall–Kier alpha value is -8.40. The molecule has 0 saturated carbocycles. The molecule has 0 saturated heterocycles. The fourth-order valence-corrected chi connectivity index (χ4v) is 9.32. The molecule has 0 amide bonds. The van der Waals surface area contributed by atoms with Crippen LogP contribution in [0.2, 0.25) is 0 Å². The van der Waals surface area contributed by atoms with E-state index in [0.29, 0.717) is 0 Å². The molecule has 0 N–H and O–H groups in total. The van der Waals surface area contributed by atoms with Crippen molar-refractivity contribution in [3.63, 3.8) is 0 Å². The minimum Gasteiger partial charge on any atom is -0.456 e. The summed E-state index contributed by atoms with van der Waals surface area (Å²) >= 11 is 0. The number of rotatable bonds is 8. The summed E-state index contributed by atoms with van der Waals surface area (Å²) < 4.78 is 8.86. The van der Waals surface area contributed by atoms with Crippen molar-refractivity contribution in [3.05, 3.63) is 243 Å². The van der Waals surface area contributed by atoms with Gasteiger partial charge in [0.2, 0.25) is 0 Å². The van der Waals surface area contributed by atoms with Crippen molar-refractivity contribution in [1.29, 1.82) is 0 Å². The van der Waals surface area contributed by atoms with Crippen molar-refractivity contribution in [2.24, 2.45) is 0 Å². The van der Waals surface area contributed by atoms with E-state index in [1.54, 1.807) is 0 Å². The molecule has 0 aliphatic carbocycles. The first kappa shape index (κ1) is 36.5. The number of anilines is 3. The molecule has 296 valence electrons. The third-order valence-corrected chi connectivity index (χ3v) is 12.4. The number of hydrogen-bond donors (Lipinski definition) is 0. The van der Waals surface area contributed by atoms with Crippen LogP contribution in [0.25, 0.3) is 93.9 Å². The van der Waals surface area contributed by atoms with Crippen molar-refractivity contribution in [2.45, 2.75) is 0 Å². The van der Waals surface area contributed by atoms with Gasteiger partial charge in [0, 0.05) is 44.3 Å². The number of aromatic nitrogens is 1. The van der Waals surface area contributed by atoms with Crippen molar-refractivity contribution < 1.29 is 4.42 Å². The molecule has 12 aromatic rings. The van der Waals surface area contributed by atoms with Gasteiger partial charge in [-0.1, -0.05) is 158 Å². The van der Waals surface area contributed by atoms with E-state index < -0.39 is 0 Å². The number of furan rings is 1. The Morgan fingerprint density at radius 3 is 1.52 bits per heavy atom. The summed E-state index contributed by atoms with van der Waals surface area (Å²) in [4.78, 5) is 2.40. The minimum absolute atomic E-state index is 0.873. The molecule has 3 heteroatoms. The van der Waals surface area contributed by atoms with Gasteiger partial charge >= 0.3 is 0 Å². The maximum atomic E-state index is 6.47. The van der Waals surface area contributed by atoms with Crippen LogP contribution in [0.5, 0.6) is 0 Å². The molecule has 10 aromatic carbocycles. The van der Waals surface area contributed by atoms with E-state index >= 15 is 0 Å². The first-order valence-corrected chi connectivity index (χ1v) is 21.5. The van der Waals surface area contributed by atoms with Gasteiger partial charge in [-0.25, -0.2) is 0 Å². The van der Waals surface area contributed by atoms with Crippen LogP contribution in [0.4, 0.5) is 17.1 Å². The molecule has 0 spiro atoms. The van der Waals surface area contributed by atoms with Gasteiger partial charge in [0.05, 0.1) is 11.0 Å². The van der Waals surface area contributed by atoms with Crippen molar-refractivity contribution in [1.82, 2.24) is 4.57 Å². The molecule has 0 fully saturated rings. The van der Waals surface area contributed by atoms with Gasteiger partial charge in [0.15, 0.2) is 0 Å². The predicted molar refractivity (Wildman–Crippen MR) is 264 cm³/mol. The Morgan fingerprint density at radius 2 is 0.778 bits per heavy atom. The first-order valence-electron chi connectivity index (χ1n) is 21.5. The monoisotopic (exact) mass is 804 g/mol. The highest BCUT2D eigenvalue weighted by atomic mass is 16.3. The molecular formula is C60H40N2O. The minimum atomic E-state index is 0.873. The average molecular weight is 805 g/mol. The second-order valence-corrected chi connectivity index (χ2v) is 16.2. The van der Waals surface area contributed by atoms with Crippen molar-refractivity contribution in [3.8, 4) is 50.2 Å². The smallest absolute Gasteiger partial charge is 0.136 e. The highest BCUT2D eigenvalue weighted by Gasteiger charge is 2.19. The lowest BCUT2D eigenvalue weighted by Crippen LogP contribution is -2.10. The van der Waals surface area contributed by atoms with Gasteiger partial charge < -0.3 is 13.9 Å². The number of nitrogens with zero attached hydrogens (tertiary/aromatic N) is 2. The van der Waals surface area contributed by atoms with Crippen LogP contribution in [0.15, 0.2) is 247 Å². The molecule has 0 aliphatic heterocycles. The van der Waals surface area contributed by atoms with Gasteiger partial charge in [0.1, 0.15) is 11.2 Å². The molecule has 0 bridgehead atoms. The summed E-state index contributed by atoms with van der Waals surface area (Å²) in [6, 6.07) is 87.3. The van der Waals surface area contributed by atoms with E-state index in [-0.39, 0.29) is 0 Å². The first-order chi connectivity index (χ1) is 31.2. The molecule has 12 rings (SSSR count). The van der Waals surface area contributed by atoms with Gasteiger partial charge in [-0.2, -0.15) is 0 Å². The predicted octanol–water partition coefficient (Wildman–Crippen LogP) is 16.8. The van der Waals surface area contributed by atoms with Crippen LogP contribution in [-0.2, 0) is 0 Å². The molecule has 2 aromatic heterocycles. The quantitative estimate of drug-likeness (QED) is 0.153. The Labute approximate surface area is 366 Å². The van der Waals surface area contributed by atoms with E-state index in [2.05, 4.69) is 240 Å². The summed E-state index contributed by atoms with van der Waals surface area (Å²) in [5, 5.41) is 4.70. The molecule has 63 heavy (non-hydrogen) atoms. The molecular weight excluding hydrogens is 765 g/mol. The molecule has 2 heterocycles. The van der Waals surface area contributed by atoms with Crippen molar-refractivity contribution in [2.75, 3.05) is 4.90 Å². The largest absolute Gasteiger partial charge is 0.456 e. The normalized spacial score (nSPS) is 11.5. The lowest BCUT2D eigenvalue weighted by atomic mass is 9.95. The lowest BCUT2D eigenvalue weighted by molar-refractivity contribution is 0.669. The maximum Gasteiger partial charge on any atom is 0.136 e. The standard InChI is InChI=1S/C60H40N2O/c1-4-15-41(16-5-1)43-27-31-50(32-28-43)61(51-22-14-19-44(36-51)42-17-6-2-7-18-42)52-37-47(35-48(38-52)46-30-34-56-55-24-11-13-26-59(55)63-60(56)40-46)45-29-33-54-53-23-10-12-25-57(53)62(58(54)39-45)49-20-8-3-9-21-49/h1-40H. The van der Waals surface area contributed by atoms with Gasteiger partial charge in [-0.3, -0.25) is 0 Å². The molecule has 0 unspecified atom stereocenters. The summed E-state index contributed by atoms with van der Waals surface area (Å²) in [7, 11) is 0. The summed E-state index contributed by atoms with van der Waals surface area (Å²) in [6.45, 7) is 0. The van der Waals surface area contributed by atoms with E-state index in [1.165, 1.54) is 38.5 Å². The van der Waals surface area contributed by atoms with Crippen LogP contribution in [0.1, 0.15) is 0 Å². The average Bonchev–Trinajstić information content (AvgIpc) is 3.90. The molecule has 3 nitrogen and oxygen atoms in total. The lowest BCUT2D eigenvalue weighted by Gasteiger charge is -2.27. The van der Waals surface area contributed by atoms with E-state index in [9.17, 15) is 0 Å². The summed E-state index contributed by atoms with van der Waals surface area (Å²) in [5.41, 5.74) is 17.6. The fraction of sp³-hybridized carbons (Fsp3) is 0. The number of benzene rings is 10. The van der Waals surface area contributed by atoms with Gasteiger partial charge in [-0.15, -0.1) is 0 Å².